The third-order valence-electron chi connectivity index (χ3n) is 5.74. The van der Waals surface area contributed by atoms with Gasteiger partial charge in [-0.15, -0.1) is 0 Å². The topological polar surface area (TPSA) is 88.7 Å². The number of hydrogen-bond donors (Lipinski definition) is 1. The molecule has 7 heteroatoms. The molecule has 0 saturated heterocycles. The van der Waals surface area contributed by atoms with Gasteiger partial charge < -0.3 is 19.4 Å². The fourth-order valence-electron chi connectivity index (χ4n) is 3.79. The molecule has 1 heterocycles. The van der Waals surface area contributed by atoms with Crippen LogP contribution in [0.2, 0.25) is 0 Å². The van der Waals surface area contributed by atoms with E-state index in [2.05, 4.69) is 4.98 Å². The zero-order chi connectivity index (χ0) is 22.7. The molecule has 166 valence electrons. The SMILES string of the molecule is CCOC(=O)c1[nH]c(C)c(C(=O)[C@H](C)N(CC2CC2)C(=O)c2cccc(OC)c2)c1C. The summed E-state index contributed by atoms with van der Waals surface area (Å²) in [5.74, 6) is 0.111. The van der Waals surface area contributed by atoms with E-state index in [0.717, 1.165) is 12.8 Å². The van der Waals surface area contributed by atoms with Crippen molar-refractivity contribution in [2.75, 3.05) is 20.3 Å². The van der Waals surface area contributed by atoms with Gasteiger partial charge in [-0.25, -0.2) is 4.79 Å². The molecule has 0 spiro atoms. The molecule has 1 aromatic heterocycles. The number of esters is 1. The van der Waals surface area contributed by atoms with E-state index in [9.17, 15) is 14.4 Å². The van der Waals surface area contributed by atoms with Gasteiger partial charge in [-0.05, 0) is 70.2 Å². The lowest BCUT2D eigenvalue weighted by atomic mass is 9.99. The average molecular weight is 427 g/mol. The van der Waals surface area contributed by atoms with Crippen LogP contribution in [0, 0.1) is 19.8 Å². The van der Waals surface area contributed by atoms with E-state index in [0.29, 0.717) is 40.6 Å². The Hall–Kier alpha value is -3.09. The molecule has 1 saturated carbocycles. The molecule has 1 fully saturated rings. The van der Waals surface area contributed by atoms with Gasteiger partial charge >= 0.3 is 5.97 Å². The Morgan fingerprint density at radius 2 is 1.94 bits per heavy atom. The van der Waals surface area contributed by atoms with Crippen LogP contribution >= 0.6 is 0 Å². The second kappa shape index (κ2) is 9.37. The number of methoxy groups -OCH3 is 1. The number of H-pyrrole nitrogens is 1. The number of carbonyl (C=O) groups excluding carboxylic acids is 3. The zero-order valence-corrected chi connectivity index (χ0v) is 18.8. The Morgan fingerprint density at radius 1 is 1.23 bits per heavy atom. The number of ketones is 1. The standard InChI is InChI=1S/C24H30N2O5/c1-6-31-24(29)21-14(2)20(15(3)25-21)22(27)16(4)26(13-17-10-11-17)23(28)18-8-7-9-19(12-18)30-5/h7-9,12,16-17,25H,6,10-11,13H2,1-5H3/t16-/m0/s1. The Balaban J connectivity index is 1.91. The Morgan fingerprint density at radius 3 is 2.55 bits per heavy atom. The summed E-state index contributed by atoms with van der Waals surface area (Å²) in [6.07, 6.45) is 2.11. The molecule has 0 aliphatic heterocycles. The second-order valence-corrected chi connectivity index (χ2v) is 8.02. The van der Waals surface area contributed by atoms with Crippen molar-refractivity contribution in [3.63, 3.8) is 0 Å². The normalized spacial score (nSPS) is 14.1. The summed E-state index contributed by atoms with van der Waals surface area (Å²) in [6.45, 7) is 7.74. The van der Waals surface area contributed by atoms with E-state index in [-0.39, 0.29) is 24.0 Å². The number of carbonyl (C=O) groups is 3. The van der Waals surface area contributed by atoms with Crippen molar-refractivity contribution in [2.24, 2.45) is 5.92 Å². The van der Waals surface area contributed by atoms with Crippen LogP contribution in [0.3, 0.4) is 0 Å². The summed E-state index contributed by atoms with van der Waals surface area (Å²) in [6, 6.07) is 6.28. The molecule has 31 heavy (non-hydrogen) atoms. The maximum Gasteiger partial charge on any atom is 0.355 e. The van der Waals surface area contributed by atoms with Crippen LogP contribution < -0.4 is 4.74 Å². The number of nitrogens with zero attached hydrogens (tertiary/aromatic N) is 1. The fourth-order valence-corrected chi connectivity index (χ4v) is 3.79. The molecule has 0 unspecified atom stereocenters. The summed E-state index contributed by atoms with van der Waals surface area (Å²) in [5, 5.41) is 0. The van der Waals surface area contributed by atoms with Crippen molar-refractivity contribution in [1.29, 1.82) is 0 Å². The van der Waals surface area contributed by atoms with Gasteiger partial charge in [0.05, 0.1) is 19.8 Å². The van der Waals surface area contributed by atoms with Gasteiger partial charge in [0.15, 0.2) is 5.78 Å². The number of amides is 1. The highest BCUT2D eigenvalue weighted by Gasteiger charge is 2.35. The van der Waals surface area contributed by atoms with E-state index in [1.165, 1.54) is 0 Å². The molecule has 3 rings (SSSR count). The minimum Gasteiger partial charge on any atom is -0.497 e. The molecule has 2 aromatic rings. The lowest BCUT2D eigenvalue weighted by Crippen LogP contribution is -2.44. The molecule has 0 bridgehead atoms. The average Bonchev–Trinajstić information content (AvgIpc) is 3.54. The van der Waals surface area contributed by atoms with Crippen LogP contribution in [0.1, 0.15) is 69.2 Å². The zero-order valence-electron chi connectivity index (χ0n) is 18.8. The van der Waals surface area contributed by atoms with Crippen LogP contribution in [0.4, 0.5) is 0 Å². The number of aromatic amines is 1. The number of hydrogen-bond acceptors (Lipinski definition) is 5. The van der Waals surface area contributed by atoms with Crippen molar-refractivity contribution in [2.45, 2.75) is 46.6 Å². The Kier molecular flexibility index (Phi) is 6.83. The van der Waals surface area contributed by atoms with Gasteiger partial charge in [0.1, 0.15) is 11.4 Å². The molecular weight excluding hydrogens is 396 g/mol. The van der Waals surface area contributed by atoms with E-state index in [1.54, 1.807) is 64.0 Å². The van der Waals surface area contributed by atoms with Gasteiger partial charge in [-0.3, -0.25) is 9.59 Å². The first-order valence-corrected chi connectivity index (χ1v) is 10.6. The van der Waals surface area contributed by atoms with Crippen molar-refractivity contribution in [1.82, 2.24) is 9.88 Å². The molecule has 7 nitrogen and oxygen atoms in total. The van der Waals surface area contributed by atoms with Crippen LogP contribution in [-0.2, 0) is 4.74 Å². The summed E-state index contributed by atoms with van der Waals surface area (Å²) in [7, 11) is 1.55. The maximum absolute atomic E-state index is 13.5. The monoisotopic (exact) mass is 426 g/mol. The number of aryl methyl sites for hydroxylation is 1. The van der Waals surface area contributed by atoms with Crippen molar-refractivity contribution in [3.05, 3.63) is 52.3 Å². The Bertz CT molecular complexity index is 990. The molecule has 1 aromatic carbocycles. The lowest BCUT2D eigenvalue weighted by Gasteiger charge is -2.29. The highest BCUT2D eigenvalue weighted by atomic mass is 16.5. The molecule has 1 atom stereocenters. The maximum atomic E-state index is 13.5. The minimum absolute atomic E-state index is 0.196. The first kappa shape index (κ1) is 22.6. The molecule has 1 N–H and O–H groups in total. The molecule has 1 aliphatic carbocycles. The van der Waals surface area contributed by atoms with E-state index < -0.39 is 12.0 Å². The largest absolute Gasteiger partial charge is 0.497 e. The third-order valence-corrected chi connectivity index (χ3v) is 5.74. The van der Waals surface area contributed by atoms with Gasteiger partial charge in [0.25, 0.3) is 5.91 Å². The predicted octanol–water partition coefficient (Wildman–Crippen LogP) is 3.94. The third kappa shape index (κ3) is 4.81. The summed E-state index contributed by atoms with van der Waals surface area (Å²) in [4.78, 5) is 43.7. The van der Waals surface area contributed by atoms with Crippen LogP contribution in [-0.4, -0.2) is 53.8 Å². The fraction of sp³-hybridized carbons (Fsp3) is 0.458. The highest BCUT2D eigenvalue weighted by molar-refractivity contribution is 6.07. The number of nitrogens with one attached hydrogen (secondary N) is 1. The summed E-state index contributed by atoms with van der Waals surface area (Å²) < 4.78 is 10.3. The molecule has 0 radical (unpaired) electrons. The highest BCUT2D eigenvalue weighted by Crippen LogP contribution is 2.32. The van der Waals surface area contributed by atoms with E-state index in [1.807, 2.05) is 0 Å². The molecule has 1 amide bonds. The number of benzene rings is 1. The van der Waals surface area contributed by atoms with Gasteiger partial charge in [-0.1, -0.05) is 6.07 Å². The number of ether oxygens (including phenoxy) is 2. The van der Waals surface area contributed by atoms with Gasteiger partial charge in [0.2, 0.25) is 0 Å². The number of Topliss-reactive ketones (excluding diaryl/α,β-unsaturated/α-hetero) is 1. The van der Waals surface area contributed by atoms with Crippen molar-refractivity contribution in [3.8, 4) is 5.75 Å². The molecular formula is C24H30N2O5. The quantitative estimate of drug-likeness (QED) is 0.485. The smallest absolute Gasteiger partial charge is 0.355 e. The van der Waals surface area contributed by atoms with Crippen molar-refractivity contribution >= 4 is 17.7 Å². The first-order valence-electron chi connectivity index (χ1n) is 10.6. The van der Waals surface area contributed by atoms with Crippen LogP contribution in [0.15, 0.2) is 24.3 Å². The van der Waals surface area contributed by atoms with Gasteiger partial charge in [0, 0.05) is 23.4 Å². The summed E-state index contributed by atoms with van der Waals surface area (Å²) in [5.41, 5.74) is 2.34. The van der Waals surface area contributed by atoms with E-state index in [4.69, 9.17) is 9.47 Å². The summed E-state index contributed by atoms with van der Waals surface area (Å²) >= 11 is 0. The Labute approximate surface area is 182 Å². The van der Waals surface area contributed by atoms with Crippen molar-refractivity contribution < 1.29 is 23.9 Å². The number of aromatic nitrogens is 1. The van der Waals surface area contributed by atoms with Crippen LogP contribution in [0.25, 0.3) is 0 Å². The second-order valence-electron chi connectivity index (χ2n) is 8.02. The lowest BCUT2D eigenvalue weighted by molar-refractivity contribution is 0.0518. The molecule has 1 aliphatic rings. The predicted molar refractivity (Wildman–Crippen MR) is 117 cm³/mol. The first-order chi connectivity index (χ1) is 14.8. The number of rotatable bonds is 9. The van der Waals surface area contributed by atoms with E-state index >= 15 is 0 Å². The van der Waals surface area contributed by atoms with Crippen LogP contribution in [0.5, 0.6) is 5.75 Å². The van der Waals surface area contributed by atoms with Gasteiger partial charge in [-0.2, -0.15) is 0 Å². The minimum atomic E-state index is -0.678.